The Labute approximate surface area is 117 Å². The monoisotopic (exact) mass is 286 g/mol. The van der Waals surface area contributed by atoms with Crippen molar-refractivity contribution in [2.24, 2.45) is 5.73 Å². The first-order valence-electron chi connectivity index (χ1n) is 5.40. The number of nitrogens with two attached hydrogens (primary N) is 1. The number of carbonyl (C=O) groups excluding carboxylic acids is 1. The molecule has 0 heterocycles. The highest BCUT2D eigenvalue weighted by Crippen LogP contribution is 2.23. The fraction of sp³-hybridized carbons (Fsp3) is 0.333. The predicted octanol–water partition coefficient (Wildman–Crippen LogP) is 1.97. The van der Waals surface area contributed by atoms with Gasteiger partial charge in [0.15, 0.2) is 0 Å². The summed E-state index contributed by atoms with van der Waals surface area (Å²) in [5.41, 5.74) is 6.99. The van der Waals surface area contributed by atoms with E-state index in [-0.39, 0.29) is 17.5 Å². The van der Waals surface area contributed by atoms with Gasteiger partial charge in [-0.2, -0.15) is 0 Å². The first-order chi connectivity index (χ1) is 8.49. The Bertz CT molecular complexity index is 465. The third kappa shape index (κ3) is 3.58. The number of ether oxygens (including phenoxy) is 1. The highest BCUT2D eigenvalue weighted by Gasteiger charge is 2.12. The molecular formula is C12H15ClN2O2S. The Morgan fingerprint density at radius 3 is 2.67 bits per heavy atom. The molecule has 0 amide bonds. The first-order valence-corrected chi connectivity index (χ1v) is 6.19. The third-order valence-electron chi connectivity index (χ3n) is 2.51. The Balaban J connectivity index is 2.97. The van der Waals surface area contributed by atoms with Crippen LogP contribution in [0, 0.1) is 0 Å². The van der Waals surface area contributed by atoms with Gasteiger partial charge in [0.05, 0.1) is 12.1 Å². The number of hydrogen-bond acceptors (Lipinski definition) is 4. The summed E-state index contributed by atoms with van der Waals surface area (Å²) in [4.78, 5) is 13.4. The van der Waals surface area contributed by atoms with Crippen LogP contribution >= 0.6 is 23.8 Å². The maximum absolute atomic E-state index is 11.3. The molecule has 1 aromatic rings. The lowest BCUT2D eigenvalue weighted by atomic mass is 10.2. The van der Waals surface area contributed by atoms with Crippen LogP contribution in [0.1, 0.15) is 12.5 Å². The van der Waals surface area contributed by atoms with E-state index in [1.54, 1.807) is 12.1 Å². The van der Waals surface area contributed by atoms with Gasteiger partial charge in [0.1, 0.15) is 11.5 Å². The number of methoxy groups -OCH3 is 1. The topological polar surface area (TPSA) is 55.6 Å². The molecule has 0 saturated carbocycles. The van der Waals surface area contributed by atoms with Crippen molar-refractivity contribution < 1.29 is 9.53 Å². The molecule has 0 aliphatic carbocycles. The number of rotatable bonds is 5. The molecule has 0 unspecified atom stereocenters. The van der Waals surface area contributed by atoms with Crippen molar-refractivity contribution in [2.45, 2.75) is 6.92 Å². The van der Waals surface area contributed by atoms with E-state index in [1.807, 2.05) is 17.9 Å². The van der Waals surface area contributed by atoms with E-state index < -0.39 is 0 Å². The molecular weight excluding hydrogens is 272 g/mol. The van der Waals surface area contributed by atoms with Crippen LogP contribution in [0.5, 0.6) is 0 Å². The third-order valence-corrected chi connectivity index (χ3v) is 3.05. The molecule has 0 bridgehead atoms. The molecule has 98 valence electrons. The normalized spacial score (nSPS) is 9.94. The van der Waals surface area contributed by atoms with Crippen molar-refractivity contribution in [1.29, 1.82) is 0 Å². The molecule has 0 atom stereocenters. The molecule has 6 heteroatoms. The van der Waals surface area contributed by atoms with Crippen LogP contribution in [-0.4, -0.2) is 31.2 Å². The summed E-state index contributed by atoms with van der Waals surface area (Å²) in [6.45, 7) is 2.78. The minimum atomic E-state index is -0.300. The van der Waals surface area contributed by atoms with Gasteiger partial charge < -0.3 is 15.4 Å². The zero-order valence-corrected chi connectivity index (χ0v) is 11.8. The van der Waals surface area contributed by atoms with Gasteiger partial charge >= 0.3 is 5.97 Å². The summed E-state index contributed by atoms with van der Waals surface area (Å²) in [6.07, 6.45) is 0. The molecule has 0 aliphatic rings. The van der Waals surface area contributed by atoms with E-state index >= 15 is 0 Å². The molecule has 0 aliphatic heterocycles. The Morgan fingerprint density at radius 2 is 2.22 bits per heavy atom. The molecule has 0 fully saturated rings. The first kappa shape index (κ1) is 14.7. The zero-order chi connectivity index (χ0) is 13.7. The summed E-state index contributed by atoms with van der Waals surface area (Å²) in [5.74, 6) is -0.300. The number of esters is 1. The van der Waals surface area contributed by atoms with Crippen LogP contribution in [0.3, 0.4) is 0 Å². The summed E-state index contributed by atoms with van der Waals surface area (Å²) < 4.78 is 4.64. The fourth-order valence-corrected chi connectivity index (χ4v) is 2.02. The predicted molar refractivity (Wildman–Crippen MR) is 77.2 cm³/mol. The summed E-state index contributed by atoms with van der Waals surface area (Å²) in [6, 6.07) is 5.31. The SMILES string of the molecule is CCN(CC(=O)OC)c1ccc(C(N)=S)c(Cl)c1. The van der Waals surface area contributed by atoms with Gasteiger partial charge in [-0.05, 0) is 25.1 Å². The number of hydrogen-bond donors (Lipinski definition) is 1. The smallest absolute Gasteiger partial charge is 0.325 e. The lowest BCUT2D eigenvalue weighted by molar-refractivity contribution is -0.138. The second kappa shape index (κ2) is 6.56. The van der Waals surface area contributed by atoms with Crippen LogP contribution in [0.4, 0.5) is 5.69 Å². The molecule has 1 rings (SSSR count). The molecule has 4 nitrogen and oxygen atoms in total. The molecule has 0 saturated heterocycles. The van der Waals surface area contributed by atoms with Gasteiger partial charge in [0.2, 0.25) is 0 Å². The lowest BCUT2D eigenvalue weighted by Gasteiger charge is -2.22. The number of likely N-dealkylation sites (N-methyl/N-ethyl adjacent to an activating group) is 1. The van der Waals surface area contributed by atoms with Gasteiger partial charge in [-0.1, -0.05) is 23.8 Å². The Kier molecular flexibility index (Phi) is 5.37. The standard InChI is InChI=1S/C12H15ClN2O2S/c1-3-15(7-11(16)17-2)8-4-5-9(12(14)18)10(13)6-8/h4-6H,3,7H2,1-2H3,(H2,14,18). The van der Waals surface area contributed by atoms with Crippen LogP contribution in [0.15, 0.2) is 18.2 Å². The highest BCUT2D eigenvalue weighted by atomic mass is 35.5. The number of benzene rings is 1. The van der Waals surface area contributed by atoms with Crippen molar-refractivity contribution in [3.8, 4) is 0 Å². The summed E-state index contributed by atoms with van der Waals surface area (Å²) in [7, 11) is 1.36. The van der Waals surface area contributed by atoms with Crippen molar-refractivity contribution in [2.75, 3.05) is 25.1 Å². The van der Waals surface area contributed by atoms with Crippen molar-refractivity contribution in [1.82, 2.24) is 0 Å². The van der Waals surface area contributed by atoms with Crippen molar-refractivity contribution >= 4 is 40.5 Å². The largest absolute Gasteiger partial charge is 0.468 e. The van der Waals surface area contributed by atoms with Crippen LogP contribution < -0.4 is 10.6 Å². The fourth-order valence-electron chi connectivity index (χ4n) is 1.51. The van der Waals surface area contributed by atoms with Crippen molar-refractivity contribution in [3.05, 3.63) is 28.8 Å². The van der Waals surface area contributed by atoms with Crippen LogP contribution in [0.25, 0.3) is 0 Å². The van der Waals surface area contributed by atoms with Gasteiger partial charge in [-0.25, -0.2) is 0 Å². The average molecular weight is 287 g/mol. The van der Waals surface area contributed by atoms with E-state index in [0.717, 1.165) is 5.69 Å². The van der Waals surface area contributed by atoms with E-state index in [4.69, 9.17) is 29.6 Å². The number of thiocarbonyl (C=S) groups is 1. The quantitative estimate of drug-likeness (QED) is 0.662. The van der Waals surface area contributed by atoms with Gasteiger partial charge in [-0.3, -0.25) is 4.79 Å². The molecule has 18 heavy (non-hydrogen) atoms. The molecule has 0 radical (unpaired) electrons. The lowest BCUT2D eigenvalue weighted by Crippen LogP contribution is -2.30. The van der Waals surface area contributed by atoms with E-state index in [1.165, 1.54) is 7.11 Å². The minimum Gasteiger partial charge on any atom is -0.468 e. The maximum atomic E-state index is 11.3. The van der Waals surface area contributed by atoms with Gasteiger partial charge in [-0.15, -0.1) is 0 Å². The van der Waals surface area contributed by atoms with E-state index in [9.17, 15) is 4.79 Å². The molecule has 1 aromatic carbocycles. The number of nitrogens with zero attached hydrogens (tertiary/aromatic N) is 1. The Hall–Kier alpha value is -1.33. The molecule has 0 spiro atoms. The second-order valence-corrected chi connectivity index (χ2v) is 4.47. The van der Waals surface area contributed by atoms with E-state index in [2.05, 4.69) is 4.74 Å². The number of anilines is 1. The summed E-state index contributed by atoms with van der Waals surface area (Å²) in [5, 5.41) is 0.475. The minimum absolute atomic E-state index is 0.176. The van der Waals surface area contributed by atoms with Gasteiger partial charge in [0.25, 0.3) is 0 Å². The maximum Gasteiger partial charge on any atom is 0.325 e. The van der Waals surface area contributed by atoms with Gasteiger partial charge in [0, 0.05) is 17.8 Å². The molecule has 0 aromatic heterocycles. The van der Waals surface area contributed by atoms with Crippen molar-refractivity contribution in [3.63, 3.8) is 0 Å². The van der Waals surface area contributed by atoms with E-state index in [0.29, 0.717) is 17.1 Å². The summed E-state index contributed by atoms with van der Waals surface area (Å²) >= 11 is 11.0. The zero-order valence-electron chi connectivity index (χ0n) is 10.3. The van der Waals surface area contributed by atoms with Crippen LogP contribution in [0.2, 0.25) is 5.02 Å². The number of halogens is 1. The average Bonchev–Trinajstić information content (AvgIpc) is 2.34. The number of carbonyl (C=O) groups is 1. The highest BCUT2D eigenvalue weighted by molar-refractivity contribution is 7.80. The van der Waals surface area contributed by atoms with Crippen LogP contribution in [-0.2, 0) is 9.53 Å². The Morgan fingerprint density at radius 1 is 1.56 bits per heavy atom. The molecule has 2 N–H and O–H groups in total. The second-order valence-electron chi connectivity index (χ2n) is 3.62.